The van der Waals surface area contributed by atoms with Gasteiger partial charge in [0.25, 0.3) is 5.91 Å². The van der Waals surface area contributed by atoms with Gasteiger partial charge in [-0.1, -0.05) is 25.4 Å². The highest BCUT2D eigenvalue weighted by Gasteiger charge is 2.26. The van der Waals surface area contributed by atoms with E-state index in [4.69, 9.17) is 16.3 Å². The van der Waals surface area contributed by atoms with Gasteiger partial charge in [0.15, 0.2) is 12.4 Å². The van der Waals surface area contributed by atoms with Crippen LogP contribution in [0.2, 0.25) is 5.02 Å². The van der Waals surface area contributed by atoms with Crippen LogP contribution in [-0.4, -0.2) is 35.4 Å². The molecule has 6 nitrogen and oxygen atoms in total. The van der Waals surface area contributed by atoms with E-state index >= 15 is 0 Å². The highest BCUT2D eigenvalue weighted by molar-refractivity contribution is 6.30. The topological polar surface area (TPSA) is 72.7 Å². The number of nitro benzene ring substituents is 1. The molecular formula is C15H19ClN2O4. The molecule has 120 valence electrons. The van der Waals surface area contributed by atoms with Crippen LogP contribution in [0.5, 0.6) is 5.75 Å². The van der Waals surface area contributed by atoms with E-state index in [-0.39, 0.29) is 29.0 Å². The first-order chi connectivity index (χ1) is 10.4. The van der Waals surface area contributed by atoms with Gasteiger partial charge in [-0.15, -0.1) is 0 Å². The molecule has 0 N–H and O–H groups in total. The smallest absolute Gasteiger partial charge is 0.312 e. The van der Waals surface area contributed by atoms with Crippen LogP contribution in [-0.2, 0) is 4.79 Å². The van der Waals surface area contributed by atoms with Crippen molar-refractivity contribution in [3.05, 3.63) is 33.3 Å². The van der Waals surface area contributed by atoms with Gasteiger partial charge in [0, 0.05) is 24.2 Å². The third kappa shape index (κ3) is 4.10. The number of amides is 1. The molecule has 1 aliphatic heterocycles. The Morgan fingerprint density at radius 2 is 2.05 bits per heavy atom. The van der Waals surface area contributed by atoms with E-state index in [2.05, 4.69) is 13.8 Å². The van der Waals surface area contributed by atoms with Crippen LogP contribution in [0.4, 0.5) is 5.69 Å². The zero-order valence-electron chi connectivity index (χ0n) is 12.6. The number of benzene rings is 1. The molecule has 1 aromatic carbocycles. The molecule has 22 heavy (non-hydrogen) atoms. The Morgan fingerprint density at radius 1 is 1.41 bits per heavy atom. The van der Waals surface area contributed by atoms with E-state index in [1.807, 2.05) is 0 Å². The number of ether oxygens (including phenoxy) is 1. The average molecular weight is 327 g/mol. The van der Waals surface area contributed by atoms with Crippen LogP contribution in [0.25, 0.3) is 0 Å². The van der Waals surface area contributed by atoms with E-state index < -0.39 is 4.92 Å². The molecule has 1 fully saturated rings. The SMILES string of the molecule is C[C@@H]1C[C@@H](C)CN(C(=O)COc2ccc(Cl)cc2[N+](=O)[O-])C1. The lowest BCUT2D eigenvalue weighted by Crippen LogP contribution is -2.44. The zero-order valence-corrected chi connectivity index (χ0v) is 13.4. The molecule has 7 heteroatoms. The summed E-state index contributed by atoms with van der Waals surface area (Å²) in [6.45, 7) is 5.42. The second kappa shape index (κ2) is 6.96. The minimum absolute atomic E-state index is 0.0563. The number of hydrogen-bond acceptors (Lipinski definition) is 4. The van der Waals surface area contributed by atoms with Gasteiger partial charge in [0.2, 0.25) is 0 Å². The van der Waals surface area contributed by atoms with Crippen LogP contribution in [0.1, 0.15) is 20.3 Å². The molecule has 0 radical (unpaired) electrons. The van der Waals surface area contributed by atoms with Gasteiger partial charge < -0.3 is 9.64 Å². The molecule has 0 bridgehead atoms. The van der Waals surface area contributed by atoms with Crippen molar-refractivity contribution in [2.45, 2.75) is 20.3 Å². The highest BCUT2D eigenvalue weighted by Crippen LogP contribution is 2.30. The zero-order chi connectivity index (χ0) is 16.3. The Morgan fingerprint density at radius 3 is 2.64 bits per heavy atom. The van der Waals surface area contributed by atoms with Gasteiger partial charge in [-0.25, -0.2) is 0 Å². The predicted octanol–water partition coefficient (Wildman–Crippen LogP) is 3.13. The molecule has 0 spiro atoms. The first kappa shape index (κ1) is 16.5. The summed E-state index contributed by atoms with van der Waals surface area (Å²) < 4.78 is 5.35. The van der Waals surface area contributed by atoms with E-state index in [0.717, 1.165) is 6.42 Å². The van der Waals surface area contributed by atoms with Gasteiger partial charge in [-0.05, 0) is 30.4 Å². The van der Waals surface area contributed by atoms with Crippen molar-refractivity contribution in [1.82, 2.24) is 4.90 Å². The standard InChI is InChI=1S/C15H19ClN2O4/c1-10-5-11(2)8-17(7-10)15(19)9-22-14-4-3-12(16)6-13(14)18(20)21/h3-4,6,10-11H,5,7-9H2,1-2H3/t10-,11-/m1/s1. The van der Waals surface area contributed by atoms with Crippen LogP contribution in [0.3, 0.4) is 0 Å². The normalized spacial score (nSPS) is 21.5. The molecule has 2 atom stereocenters. The summed E-state index contributed by atoms with van der Waals surface area (Å²) in [6.07, 6.45) is 1.10. The molecule has 1 aliphatic rings. The number of hydrogen-bond donors (Lipinski definition) is 0. The number of rotatable bonds is 4. The predicted molar refractivity (Wildman–Crippen MR) is 83.1 cm³/mol. The monoisotopic (exact) mass is 326 g/mol. The van der Waals surface area contributed by atoms with Crippen molar-refractivity contribution in [3.8, 4) is 5.75 Å². The summed E-state index contributed by atoms with van der Waals surface area (Å²) in [4.78, 5) is 24.4. The van der Waals surface area contributed by atoms with Crippen molar-refractivity contribution in [2.24, 2.45) is 11.8 Å². The summed E-state index contributed by atoms with van der Waals surface area (Å²) in [5.41, 5.74) is -0.235. The lowest BCUT2D eigenvalue weighted by atomic mass is 9.92. The summed E-state index contributed by atoms with van der Waals surface area (Å²) in [7, 11) is 0. The van der Waals surface area contributed by atoms with Crippen LogP contribution >= 0.6 is 11.6 Å². The second-order valence-corrected chi connectivity index (χ2v) is 6.34. The van der Waals surface area contributed by atoms with Crippen molar-refractivity contribution in [3.63, 3.8) is 0 Å². The maximum absolute atomic E-state index is 12.2. The molecule has 0 saturated carbocycles. The Balaban J connectivity index is 2.01. The van der Waals surface area contributed by atoms with Crippen LogP contribution in [0.15, 0.2) is 18.2 Å². The van der Waals surface area contributed by atoms with E-state index in [0.29, 0.717) is 24.9 Å². The van der Waals surface area contributed by atoms with Crippen molar-refractivity contribution < 1.29 is 14.5 Å². The number of piperidine rings is 1. The Bertz CT molecular complexity index is 569. The molecule has 1 amide bonds. The highest BCUT2D eigenvalue weighted by atomic mass is 35.5. The summed E-state index contributed by atoms with van der Waals surface area (Å²) >= 11 is 5.74. The molecule has 0 aliphatic carbocycles. The van der Waals surface area contributed by atoms with Crippen LogP contribution < -0.4 is 4.74 Å². The van der Waals surface area contributed by atoms with Crippen molar-refractivity contribution >= 4 is 23.2 Å². The Hall–Kier alpha value is -1.82. The third-order valence-corrected chi connectivity index (χ3v) is 3.93. The van der Waals surface area contributed by atoms with E-state index in [1.165, 1.54) is 18.2 Å². The van der Waals surface area contributed by atoms with Crippen LogP contribution in [0, 0.1) is 22.0 Å². The van der Waals surface area contributed by atoms with E-state index in [9.17, 15) is 14.9 Å². The van der Waals surface area contributed by atoms with Gasteiger partial charge in [-0.3, -0.25) is 14.9 Å². The van der Waals surface area contributed by atoms with Crippen molar-refractivity contribution in [1.29, 1.82) is 0 Å². The number of nitro groups is 1. The minimum atomic E-state index is -0.573. The van der Waals surface area contributed by atoms with Gasteiger partial charge >= 0.3 is 5.69 Å². The summed E-state index contributed by atoms with van der Waals surface area (Å²) in [6, 6.07) is 4.13. The van der Waals surface area contributed by atoms with Gasteiger partial charge in [-0.2, -0.15) is 0 Å². The Labute approximate surface area is 134 Å². The largest absolute Gasteiger partial charge is 0.477 e. The second-order valence-electron chi connectivity index (χ2n) is 5.90. The molecule has 2 rings (SSSR count). The number of carbonyl (C=O) groups is 1. The quantitative estimate of drug-likeness (QED) is 0.629. The maximum atomic E-state index is 12.2. The third-order valence-electron chi connectivity index (χ3n) is 3.69. The van der Waals surface area contributed by atoms with Gasteiger partial charge in [0.05, 0.1) is 4.92 Å². The maximum Gasteiger partial charge on any atom is 0.312 e. The Kier molecular flexibility index (Phi) is 5.24. The molecule has 0 aromatic heterocycles. The molecule has 1 heterocycles. The minimum Gasteiger partial charge on any atom is -0.477 e. The lowest BCUT2D eigenvalue weighted by molar-refractivity contribution is -0.385. The lowest BCUT2D eigenvalue weighted by Gasteiger charge is -2.34. The van der Waals surface area contributed by atoms with E-state index in [1.54, 1.807) is 4.90 Å². The first-order valence-electron chi connectivity index (χ1n) is 7.21. The first-order valence-corrected chi connectivity index (χ1v) is 7.59. The molecule has 0 unspecified atom stereocenters. The number of likely N-dealkylation sites (tertiary alicyclic amines) is 1. The van der Waals surface area contributed by atoms with Gasteiger partial charge in [0.1, 0.15) is 0 Å². The number of nitrogens with zero attached hydrogens (tertiary/aromatic N) is 2. The average Bonchev–Trinajstić information content (AvgIpc) is 2.44. The fourth-order valence-corrected chi connectivity index (χ4v) is 3.02. The fourth-order valence-electron chi connectivity index (χ4n) is 2.85. The number of halogens is 1. The summed E-state index contributed by atoms with van der Waals surface area (Å²) in [5.74, 6) is 0.818. The summed E-state index contributed by atoms with van der Waals surface area (Å²) in [5, 5.41) is 11.2. The molecule has 1 saturated heterocycles. The molecular weight excluding hydrogens is 308 g/mol. The molecule has 1 aromatic rings. The number of carbonyl (C=O) groups excluding carboxylic acids is 1. The van der Waals surface area contributed by atoms with Crippen molar-refractivity contribution in [2.75, 3.05) is 19.7 Å². The fraction of sp³-hybridized carbons (Fsp3) is 0.533.